The lowest BCUT2D eigenvalue weighted by atomic mass is 10.1. The highest BCUT2D eigenvalue weighted by Crippen LogP contribution is 2.34. The van der Waals surface area contributed by atoms with Crippen LogP contribution in [-0.2, 0) is 6.61 Å². The summed E-state index contributed by atoms with van der Waals surface area (Å²) < 4.78 is 17.2. The molecule has 1 heterocycles. The van der Waals surface area contributed by atoms with E-state index < -0.39 is 0 Å². The third-order valence-corrected chi connectivity index (χ3v) is 4.60. The molecule has 0 spiro atoms. The van der Waals surface area contributed by atoms with Crippen LogP contribution in [0.5, 0.6) is 17.2 Å². The van der Waals surface area contributed by atoms with Crippen LogP contribution in [0.15, 0.2) is 53.3 Å². The summed E-state index contributed by atoms with van der Waals surface area (Å²) in [6, 6.07) is 15.3. The van der Waals surface area contributed by atoms with Crippen LogP contribution >= 0.6 is 0 Å². The van der Waals surface area contributed by atoms with Crippen LogP contribution in [-0.4, -0.2) is 18.7 Å². The summed E-state index contributed by atoms with van der Waals surface area (Å²) in [5.41, 5.74) is 1.35. The fraction of sp³-hybridized carbons (Fsp3) is 0.348. The summed E-state index contributed by atoms with van der Waals surface area (Å²) in [7, 11) is 1.60. The summed E-state index contributed by atoms with van der Waals surface area (Å²) in [5.74, 6) is 1.39. The fourth-order valence-electron chi connectivity index (χ4n) is 3.06. The van der Waals surface area contributed by atoms with E-state index in [4.69, 9.17) is 14.2 Å². The van der Waals surface area contributed by atoms with Crippen molar-refractivity contribution in [1.82, 2.24) is 4.98 Å². The van der Waals surface area contributed by atoms with Crippen molar-refractivity contribution < 1.29 is 14.2 Å². The van der Waals surface area contributed by atoms with E-state index in [1.54, 1.807) is 13.2 Å². The number of nitrogens with one attached hydrogen (secondary N) is 1. The number of hydrogen-bond acceptors (Lipinski definition) is 4. The second kappa shape index (κ2) is 9.83. The Morgan fingerprint density at radius 1 is 0.929 bits per heavy atom. The van der Waals surface area contributed by atoms with E-state index in [2.05, 4.69) is 11.9 Å². The number of aromatic amines is 1. The van der Waals surface area contributed by atoms with Crippen LogP contribution in [0, 0.1) is 0 Å². The molecule has 3 aromatic rings. The van der Waals surface area contributed by atoms with Gasteiger partial charge in [0.2, 0.25) is 5.75 Å². The first kappa shape index (κ1) is 19.8. The number of fused-ring (bicyclic) bond motifs is 1. The smallest absolute Gasteiger partial charge is 0.294 e. The largest absolute Gasteiger partial charge is 0.497 e. The summed E-state index contributed by atoms with van der Waals surface area (Å²) >= 11 is 0. The van der Waals surface area contributed by atoms with Crippen molar-refractivity contribution in [3.05, 3.63) is 64.4 Å². The van der Waals surface area contributed by atoms with Gasteiger partial charge in [-0.2, -0.15) is 0 Å². The predicted molar refractivity (Wildman–Crippen MR) is 112 cm³/mol. The molecule has 148 valence electrons. The van der Waals surface area contributed by atoms with E-state index in [0.717, 1.165) is 23.8 Å². The van der Waals surface area contributed by atoms with E-state index >= 15 is 0 Å². The van der Waals surface area contributed by atoms with Gasteiger partial charge in [0.05, 0.1) is 19.2 Å². The molecule has 0 aliphatic rings. The Hall–Kier alpha value is -2.95. The highest BCUT2D eigenvalue weighted by atomic mass is 16.5. The first-order valence-corrected chi connectivity index (χ1v) is 9.76. The van der Waals surface area contributed by atoms with Crippen LogP contribution in [0.2, 0.25) is 0 Å². The molecule has 0 bridgehead atoms. The van der Waals surface area contributed by atoms with Crippen LogP contribution < -0.4 is 19.8 Å². The van der Waals surface area contributed by atoms with Gasteiger partial charge in [0, 0.05) is 11.5 Å². The standard InChI is InChI=1S/C23H27NO4/c1-3-4-5-9-14-27-21-19-13-12-18(26-2)15-20(19)24-23(25)22(21)28-16-17-10-7-6-8-11-17/h6-8,10-13,15H,3-5,9,14,16H2,1-2H3,(H,24,25). The maximum atomic E-state index is 12.7. The minimum absolute atomic E-state index is 0.219. The van der Waals surface area contributed by atoms with Gasteiger partial charge in [-0.05, 0) is 24.1 Å². The summed E-state index contributed by atoms with van der Waals surface area (Å²) in [5, 5.41) is 0.805. The highest BCUT2D eigenvalue weighted by Gasteiger charge is 2.16. The second-order valence-electron chi connectivity index (χ2n) is 6.71. The van der Waals surface area contributed by atoms with Crippen molar-refractivity contribution in [2.75, 3.05) is 13.7 Å². The first-order valence-electron chi connectivity index (χ1n) is 9.76. The number of pyridine rings is 1. The van der Waals surface area contributed by atoms with E-state index in [-0.39, 0.29) is 11.3 Å². The molecular formula is C23H27NO4. The molecule has 0 amide bonds. The zero-order chi connectivity index (χ0) is 19.8. The molecule has 3 rings (SSSR count). The van der Waals surface area contributed by atoms with E-state index in [0.29, 0.717) is 30.2 Å². The SMILES string of the molecule is CCCCCCOc1c(OCc2ccccc2)c(=O)[nH]c2cc(OC)ccc12. The van der Waals surface area contributed by atoms with Crippen molar-refractivity contribution >= 4 is 10.9 Å². The van der Waals surface area contributed by atoms with Crippen molar-refractivity contribution in [2.45, 2.75) is 39.2 Å². The molecule has 2 aromatic carbocycles. The first-order chi connectivity index (χ1) is 13.7. The summed E-state index contributed by atoms with van der Waals surface area (Å²) in [4.78, 5) is 15.6. The number of aromatic nitrogens is 1. The minimum Gasteiger partial charge on any atom is -0.497 e. The zero-order valence-corrected chi connectivity index (χ0v) is 16.5. The quantitative estimate of drug-likeness (QED) is 0.498. The van der Waals surface area contributed by atoms with Gasteiger partial charge in [-0.1, -0.05) is 56.5 Å². The molecule has 5 heteroatoms. The molecule has 0 aliphatic heterocycles. The predicted octanol–water partition coefficient (Wildman–Crippen LogP) is 5.07. The Balaban J connectivity index is 1.91. The van der Waals surface area contributed by atoms with Gasteiger partial charge in [-0.15, -0.1) is 0 Å². The van der Waals surface area contributed by atoms with Crippen molar-refractivity contribution in [1.29, 1.82) is 0 Å². The van der Waals surface area contributed by atoms with Crippen LogP contribution in [0.1, 0.15) is 38.2 Å². The van der Waals surface area contributed by atoms with E-state index in [1.807, 2.05) is 42.5 Å². The van der Waals surface area contributed by atoms with Crippen LogP contribution in [0.4, 0.5) is 0 Å². The van der Waals surface area contributed by atoms with Crippen molar-refractivity contribution in [3.8, 4) is 17.2 Å². The lowest BCUT2D eigenvalue weighted by molar-refractivity contribution is 0.257. The zero-order valence-electron chi connectivity index (χ0n) is 16.5. The molecule has 1 aromatic heterocycles. The average molecular weight is 381 g/mol. The summed E-state index contributed by atoms with van der Waals surface area (Å²) in [6.07, 6.45) is 4.38. The van der Waals surface area contributed by atoms with Gasteiger partial charge < -0.3 is 19.2 Å². The monoisotopic (exact) mass is 381 g/mol. The molecular weight excluding hydrogens is 354 g/mol. The maximum Gasteiger partial charge on any atom is 0.294 e. The molecule has 0 atom stereocenters. The Morgan fingerprint density at radius 3 is 2.50 bits per heavy atom. The highest BCUT2D eigenvalue weighted by molar-refractivity contribution is 5.88. The normalized spacial score (nSPS) is 10.8. The molecule has 5 nitrogen and oxygen atoms in total. The Morgan fingerprint density at radius 2 is 1.75 bits per heavy atom. The molecule has 1 N–H and O–H groups in total. The van der Waals surface area contributed by atoms with E-state index in [1.165, 1.54) is 12.8 Å². The van der Waals surface area contributed by atoms with Gasteiger partial charge in [0.15, 0.2) is 5.75 Å². The Labute approximate surface area is 165 Å². The van der Waals surface area contributed by atoms with Gasteiger partial charge in [0.25, 0.3) is 5.56 Å². The van der Waals surface area contributed by atoms with Crippen LogP contribution in [0.25, 0.3) is 10.9 Å². The molecule has 0 fully saturated rings. The third-order valence-electron chi connectivity index (χ3n) is 4.60. The Kier molecular flexibility index (Phi) is 6.95. The van der Waals surface area contributed by atoms with Gasteiger partial charge >= 0.3 is 0 Å². The number of H-pyrrole nitrogens is 1. The number of rotatable bonds is 10. The van der Waals surface area contributed by atoms with Gasteiger partial charge in [-0.3, -0.25) is 4.79 Å². The van der Waals surface area contributed by atoms with Gasteiger partial charge in [-0.25, -0.2) is 0 Å². The van der Waals surface area contributed by atoms with Crippen molar-refractivity contribution in [2.24, 2.45) is 0 Å². The number of benzene rings is 2. The summed E-state index contributed by atoms with van der Waals surface area (Å²) in [6.45, 7) is 3.03. The molecule has 0 aliphatic carbocycles. The van der Waals surface area contributed by atoms with Crippen LogP contribution in [0.3, 0.4) is 0 Å². The molecule has 0 unspecified atom stereocenters. The topological polar surface area (TPSA) is 60.5 Å². The molecule has 28 heavy (non-hydrogen) atoms. The minimum atomic E-state index is -0.305. The number of methoxy groups -OCH3 is 1. The average Bonchev–Trinajstić information content (AvgIpc) is 2.73. The fourth-order valence-corrected chi connectivity index (χ4v) is 3.06. The Bertz CT molecular complexity index is 950. The molecule has 0 saturated carbocycles. The number of unbranched alkanes of at least 4 members (excludes halogenated alkanes) is 3. The van der Waals surface area contributed by atoms with E-state index in [9.17, 15) is 4.79 Å². The number of hydrogen-bond donors (Lipinski definition) is 1. The van der Waals surface area contributed by atoms with Gasteiger partial charge in [0.1, 0.15) is 12.4 Å². The third kappa shape index (κ3) is 4.85. The molecule has 0 radical (unpaired) electrons. The lowest BCUT2D eigenvalue weighted by Gasteiger charge is -2.15. The number of ether oxygens (including phenoxy) is 3. The lowest BCUT2D eigenvalue weighted by Crippen LogP contribution is -2.14. The second-order valence-corrected chi connectivity index (χ2v) is 6.71. The molecule has 0 saturated heterocycles. The van der Waals surface area contributed by atoms with Crippen molar-refractivity contribution in [3.63, 3.8) is 0 Å². The maximum absolute atomic E-state index is 12.7.